The third kappa shape index (κ3) is 2.11. The molecule has 0 radical (unpaired) electrons. The number of amides is 2. The number of likely N-dealkylation sites (N-methyl/N-ethyl adjacent to an activating group) is 1. The van der Waals surface area contributed by atoms with Crippen molar-refractivity contribution >= 4 is 11.8 Å². The van der Waals surface area contributed by atoms with Gasteiger partial charge in [-0.15, -0.1) is 0 Å². The Morgan fingerprint density at radius 2 is 2.36 bits per heavy atom. The maximum absolute atomic E-state index is 11.4. The highest BCUT2D eigenvalue weighted by Crippen LogP contribution is 2.07. The van der Waals surface area contributed by atoms with Crippen LogP contribution in [0.25, 0.3) is 0 Å². The lowest BCUT2D eigenvalue weighted by Crippen LogP contribution is -2.54. The van der Waals surface area contributed by atoms with E-state index in [1.807, 2.05) is 0 Å². The van der Waals surface area contributed by atoms with E-state index in [-0.39, 0.29) is 18.4 Å². The van der Waals surface area contributed by atoms with Crippen LogP contribution in [0.15, 0.2) is 12.7 Å². The van der Waals surface area contributed by atoms with E-state index in [2.05, 4.69) is 11.9 Å². The first-order valence-electron chi connectivity index (χ1n) is 4.43. The van der Waals surface area contributed by atoms with Crippen LogP contribution in [0.2, 0.25) is 0 Å². The number of hydrogen-bond donors (Lipinski definition) is 1. The van der Waals surface area contributed by atoms with Gasteiger partial charge in [0.15, 0.2) is 0 Å². The van der Waals surface area contributed by atoms with Gasteiger partial charge in [-0.3, -0.25) is 9.59 Å². The number of carbonyl (C=O) groups excluding carboxylic acids is 2. The summed E-state index contributed by atoms with van der Waals surface area (Å²) in [5.41, 5.74) is 0. The summed E-state index contributed by atoms with van der Waals surface area (Å²) in [7, 11) is 1.54. The van der Waals surface area contributed by atoms with Crippen molar-refractivity contribution in [3.8, 4) is 0 Å². The second kappa shape index (κ2) is 4.76. The molecular weight excluding hydrogens is 184 g/mol. The molecule has 1 saturated heterocycles. The van der Waals surface area contributed by atoms with Gasteiger partial charge in [0.05, 0.1) is 13.2 Å². The van der Waals surface area contributed by atoms with Crippen LogP contribution in [0.5, 0.6) is 0 Å². The summed E-state index contributed by atoms with van der Waals surface area (Å²) in [6.07, 6.45) is 1.21. The van der Waals surface area contributed by atoms with Gasteiger partial charge in [-0.05, 0) is 6.08 Å². The topological polar surface area (TPSA) is 58.6 Å². The van der Waals surface area contributed by atoms with Crippen molar-refractivity contribution in [3.63, 3.8) is 0 Å². The number of nitrogens with one attached hydrogen (secondary N) is 1. The third-order valence-corrected chi connectivity index (χ3v) is 2.14. The maximum Gasteiger partial charge on any atom is 0.246 e. The van der Waals surface area contributed by atoms with Gasteiger partial charge in [0.2, 0.25) is 11.8 Å². The number of nitrogens with zero attached hydrogens (tertiary/aromatic N) is 1. The van der Waals surface area contributed by atoms with Crippen molar-refractivity contribution in [2.75, 3.05) is 26.8 Å². The molecule has 1 unspecified atom stereocenters. The van der Waals surface area contributed by atoms with E-state index >= 15 is 0 Å². The van der Waals surface area contributed by atoms with E-state index in [1.54, 1.807) is 0 Å². The van der Waals surface area contributed by atoms with Crippen LogP contribution in [0, 0.1) is 0 Å². The van der Waals surface area contributed by atoms with Crippen molar-refractivity contribution in [1.29, 1.82) is 0 Å². The van der Waals surface area contributed by atoms with Gasteiger partial charge in [0, 0.05) is 13.6 Å². The summed E-state index contributed by atoms with van der Waals surface area (Å²) in [4.78, 5) is 24.2. The number of ether oxygens (including phenoxy) is 1. The van der Waals surface area contributed by atoms with Crippen LogP contribution in [-0.4, -0.2) is 49.6 Å². The Morgan fingerprint density at radius 3 is 2.93 bits per heavy atom. The van der Waals surface area contributed by atoms with Crippen molar-refractivity contribution in [1.82, 2.24) is 10.2 Å². The Balaban J connectivity index is 2.73. The SMILES string of the molecule is C=CC(=O)N1CCOCC1C(=O)NC. The predicted octanol–water partition coefficient (Wildman–Crippen LogP) is -0.854. The zero-order valence-electron chi connectivity index (χ0n) is 8.16. The molecule has 0 aliphatic carbocycles. The Morgan fingerprint density at radius 1 is 1.64 bits per heavy atom. The van der Waals surface area contributed by atoms with E-state index < -0.39 is 6.04 Å². The van der Waals surface area contributed by atoms with Gasteiger partial charge in [-0.1, -0.05) is 6.58 Å². The largest absolute Gasteiger partial charge is 0.377 e. The minimum absolute atomic E-state index is 0.208. The van der Waals surface area contributed by atoms with Gasteiger partial charge in [0.1, 0.15) is 6.04 Å². The molecule has 14 heavy (non-hydrogen) atoms. The van der Waals surface area contributed by atoms with E-state index in [9.17, 15) is 9.59 Å². The van der Waals surface area contributed by atoms with Gasteiger partial charge < -0.3 is 15.0 Å². The van der Waals surface area contributed by atoms with Gasteiger partial charge in [-0.2, -0.15) is 0 Å². The van der Waals surface area contributed by atoms with Gasteiger partial charge >= 0.3 is 0 Å². The summed E-state index contributed by atoms with van der Waals surface area (Å²) >= 11 is 0. The highest BCUT2D eigenvalue weighted by Gasteiger charge is 2.30. The lowest BCUT2D eigenvalue weighted by Gasteiger charge is -2.33. The fraction of sp³-hybridized carbons (Fsp3) is 0.556. The van der Waals surface area contributed by atoms with Crippen molar-refractivity contribution in [2.24, 2.45) is 0 Å². The van der Waals surface area contributed by atoms with Gasteiger partial charge in [0.25, 0.3) is 0 Å². The third-order valence-electron chi connectivity index (χ3n) is 2.14. The first-order chi connectivity index (χ1) is 6.70. The van der Waals surface area contributed by atoms with Crippen LogP contribution in [0.3, 0.4) is 0 Å². The molecule has 0 saturated carbocycles. The standard InChI is InChI=1S/C9H14N2O3/c1-3-8(12)11-4-5-14-6-7(11)9(13)10-2/h3,7H,1,4-6H2,2H3,(H,10,13). The van der Waals surface area contributed by atoms with E-state index in [0.29, 0.717) is 13.2 Å². The first-order valence-corrected chi connectivity index (χ1v) is 4.43. The average molecular weight is 198 g/mol. The normalized spacial score (nSPS) is 21.5. The Kier molecular flexibility index (Phi) is 3.64. The Hall–Kier alpha value is -1.36. The highest BCUT2D eigenvalue weighted by atomic mass is 16.5. The van der Waals surface area contributed by atoms with E-state index in [1.165, 1.54) is 18.0 Å². The van der Waals surface area contributed by atoms with Crippen molar-refractivity contribution in [3.05, 3.63) is 12.7 Å². The number of morpholine rings is 1. The summed E-state index contributed by atoms with van der Waals surface area (Å²) in [5, 5.41) is 2.50. The minimum atomic E-state index is -0.528. The molecule has 0 aromatic rings. The molecular formula is C9H14N2O3. The van der Waals surface area contributed by atoms with E-state index in [4.69, 9.17) is 4.74 Å². The predicted molar refractivity (Wildman–Crippen MR) is 50.6 cm³/mol. The van der Waals surface area contributed by atoms with Crippen molar-refractivity contribution in [2.45, 2.75) is 6.04 Å². The Bertz CT molecular complexity index is 252. The quantitative estimate of drug-likeness (QED) is 0.588. The van der Waals surface area contributed by atoms with Gasteiger partial charge in [-0.25, -0.2) is 0 Å². The lowest BCUT2D eigenvalue weighted by atomic mass is 10.2. The monoisotopic (exact) mass is 198 g/mol. The number of hydrogen-bond acceptors (Lipinski definition) is 3. The molecule has 2 amide bonds. The van der Waals surface area contributed by atoms with Crippen LogP contribution >= 0.6 is 0 Å². The molecule has 1 fully saturated rings. The van der Waals surface area contributed by atoms with Crippen LogP contribution in [0.4, 0.5) is 0 Å². The van der Waals surface area contributed by atoms with Crippen LogP contribution in [0.1, 0.15) is 0 Å². The molecule has 1 aliphatic heterocycles. The minimum Gasteiger partial charge on any atom is -0.377 e. The summed E-state index contributed by atoms with van der Waals surface area (Å²) in [6, 6.07) is -0.528. The van der Waals surface area contributed by atoms with Crippen LogP contribution in [-0.2, 0) is 14.3 Å². The number of carbonyl (C=O) groups is 2. The van der Waals surface area contributed by atoms with Crippen molar-refractivity contribution < 1.29 is 14.3 Å². The fourth-order valence-electron chi connectivity index (χ4n) is 1.37. The highest BCUT2D eigenvalue weighted by molar-refractivity contribution is 5.92. The molecule has 1 N–H and O–H groups in total. The smallest absolute Gasteiger partial charge is 0.246 e. The second-order valence-corrected chi connectivity index (χ2v) is 2.94. The summed E-state index contributed by atoms with van der Waals surface area (Å²) in [6.45, 7) is 4.54. The molecule has 5 nitrogen and oxygen atoms in total. The zero-order valence-corrected chi connectivity index (χ0v) is 8.16. The Labute approximate surface area is 82.7 Å². The second-order valence-electron chi connectivity index (χ2n) is 2.94. The summed E-state index contributed by atoms with van der Waals surface area (Å²) in [5.74, 6) is -0.443. The molecule has 1 rings (SSSR count). The fourth-order valence-corrected chi connectivity index (χ4v) is 1.37. The maximum atomic E-state index is 11.4. The first kappa shape index (κ1) is 10.7. The molecule has 78 valence electrons. The molecule has 0 bridgehead atoms. The molecule has 1 atom stereocenters. The molecule has 1 aliphatic rings. The lowest BCUT2D eigenvalue weighted by molar-refractivity contribution is -0.144. The molecule has 0 aromatic heterocycles. The molecule has 0 aromatic carbocycles. The molecule has 5 heteroatoms. The molecule has 1 heterocycles. The van der Waals surface area contributed by atoms with E-state index in [0.717, 1.165) is 0 Å². The average Bonchev–Trinajstić information content (AvgIpc) is 2.27. The zero-order chi connectivity index (χ0) is 10.6. The number of rotatable bonds is 2. The molecule has 0 spiro atoms. The summed E-state index contributed by atoms with van der Waals surface area (Å²) < 4.78 is 5.14. The van der Waals surface area contributed by atoms with Crippen LogP contribution < -0.4 is 5.32 Å².